The Morgan fingerprint density at radius 3 is 2.09 bits per heavy atom. The van der Waals surface area contributed by atoms with Crippen LogP contribution in [0, 0.1) is 0 Å². The second-order valence-corrected chi connectivity index (χ2v) is 5.15. The number of nitrogens with one attached hydrogen (secondary N) is 1. The van der Waals surface area contributed by atoms with Crippen LogP contribution in [-0.4, -0.2) is 11.7 Å². The maximum Gasteiger partial charge on any atom is 0.255 e. The molecule has 3 aromatic carbocycles. The first kappa shape index (κ1) is 14.0. The summed E-state index contributed by atoms with van der Waals surface area (Å²) < 4.78 is 0. The van der Waals surface area contributed by atoms with Crippen molar-refractivity contribution in [2.45, 2.75) is 6.92 Å². The summed E-state index contributed by atoms with van der Waals surface area (Å²) in [6.45, 7) is 1.52. The molecule has 0 aliphatic rings. The second kappa shape index (κ2) is 5.82. The van der Waals surface area contributed by atoms with E-state index in [1.165, 1.54) is 6.92 Å². The van der Waals surface area contributed by atoms with Gasteiger partial charge in [0.2, 0.25) is 0 Å². The van der Waals surface area contributed by atoms with E-state index < -0.39 is 0 Å². The molecule has 0 aromatic heterocycles. The third kappa shape index (κ3) is 2.88. The van der Waals surface area contributed by atoms with Crippen LogP contribution in [0.5, 0.6) is 0 Å². The van der Waals surface area contributed by atoms with Crippen molar-refractivity contribution in [1.29, 1.82) is 0 Å². The Labute approximate surface area is 128 Å². The van der Waals surface area contributed by atoms with Gasteiger partial charge in [-0.25, -0.2) is 0 Å². The molecule has 0 saturated carbocycles. The fourth-order valence-electron chi connectivity index (χ4n) is 2.32. The summed E-state index contributed by atoms with van der Waals surface area (Å²) in [7, 11) is 0. The normalized spacial score (nSPS) is 10.4. The molecule has 3 heteroatoms. The van der Waals surface area contributed by atoms with Gasteiger partial charge in [-0.05, 0) is 54.1 Å². The van der Waals surface area contributed by atoms with Crippen molar-refractivity contribution < 1.29 is 9.59 Å². The standard InChI is InChI=1S/C19H15NO2/c1-13(21)14-8-10-18(11-9-14)20-19(22)17-7-6-15-4-2-3-5-16(15)12-17/h2-12H,1H3,(H,20,22). The first-order valence-electron chi connectivity index (χ1n) is 7.04. The molecule has 0 fully saturated rings. The van der Waals surface area contributed by atoms with E-state index in [9.17, 15) is 9.59 Å². The van der Waals surface area contributed by atoms with Gasteiger partial charge in [0.05, 0.1) is 0 Å². The second-order valence-electron chi connectivity index (χ2n) is 5.15. The molecular weight excluding hydrogens is 274 g/mol. The molecule has 0 aliphatic carbocycles. The monoisotopic (exact) mass is 289 g/mol. The largest absolute Gasteiger partial charge is 0.322 e. The smallest absolute Gasteiger partial charge is 0.255 e. The number of carbonyl (C=O) groups excluding carboxylic acids is 2. The van der Waals surface area contributed by atoms with Crippen LogP contribution in [0.4, 0.5) is 5.69 Å². The van der Waals surface area contributed by atoms with Crippen LogP contribution in [0.3, 0.4) is 0 Å². The zero-order chi connectivity index (χ0) is 15.5. The van der Waals surface area contributed by atoms with Gasteiger partial charge in [-0.1, -0.05) is 30.3 Å². The SMILES string of the molecule is CC(=O)c1ccc(NC(=O)c2ccc3ccccc3c2)cc1. The number of benzene rings is 3. The Balaban J connectivity index is 1.81. The molecule has 3 rings (SSSR count). The van der Waals surface area contributed by atoms with E-state index in [1.54, 1.807) is 24.3 Å². The highest BCUT2D eigenvalue weighted by Gasteiger charge is 2.07. The maximum atomic E-state index is 12.3. The van der Waals surface area contributed by atoms with E-state index in [2.05, 4.69) is 5.32 Å². The lowest BCUT2D eigenvalue weighted by Gasteiger charge is -2.07. The Morgan fingerprint density at radius 1 is 0.773 bits per heavy atom. The lowest BCUT2D eigenvalue weighted by molar-refractivity contribution is 0.101. The average molecular weight is 289 g/mol. The number of hydrogen-bond acceptors (Lipinski definition) is 2. The first-order valence-corrected chi connectivity index (χ1v) is 7.04. The van der Waals surface area contributed by atoms with E-state index in [0.29, 0.717) is 16.8 Å². The Morgan fingerprint density at radius 2 is 1.41 bits per heavy atom. The number of ketones is 1. The van der Waals surface area contributed by atoms with Gasteiger partial charge in [0.1, 0.15) is 0 Å². The lowest BCUT2D eigenvalue weighted by atomic mass is 10.1. The van der Waals surface area contributed by atoms with E-state index in [4.69, 9.17) is 0 Å². The van der Waals surface area contributed by atoms with Crippen LogP contribution in [-0.2, 0) is 0 Å². The Bertz CT molecular complexity index is 851. The molecule has 3 nitrogen and oxygen atoms in total. The summed E-state index contributed by atoms with van der Waals surface area (Å²) in [5.41, 5.74) is 1.90. The molecule has 0 heterocycles. The highest BCUT2D eigenvalue weighted by Crippen LogP contribution is 2.17. The molecule has 1 amide bonds. The summed E-state index contributed by atoms with van der Waals surface area (Å²) in [4.78, 5) is 23.5. The topological polar surface area (TPSA) is 46.2 Å². The summed E-state index contributed by atoms with van der Waals surface area (Å²) >= 11 is 0. The van der Waals surface area contributed by atoms with Gasteiger partial charge in [0, 0.05) is 16.8 Å². The lowest BCUT2D eigenvalue weighted by Crippen LogP contribution is -2.11. The molecule has 0 aliphatic heterocycles. The van der Waals surface area contributed by atoms with Gasteiger partial charge >= 0.3 is 0 Å². The molecule has 3 aromatic rings. The predicted octanol–water partition coefficient (Wildman–Crippen LogP) is 4.29. The van der Waals surface area contributed by atoms with Gasteiger partial charge in [-0.3, -0.25) is 9.59 Å². The van der Waals surface area contributed by atoms with Gasteiger partial charge in [0.25, 0.3) is 5.91 Å². The van der Waals surface area contributed by atoms with Crippen molar-refractivity contribution in [2.24, 2.45) is 0 Å². The van der Waals surface area contributed by atoms with Crippen molar-refractivity contribution in [3.63, 3.8) is 0 Å². The van der Waals surface area contributed by atoms with Crippen molar-refractivity contribution in [3.05, 3.63) is 77.9 Å². The predicted molar refractivity (Wildman–Crippen MR) is 88.3 cm³/mol. The molecule has 1 N–H and O–H groups in total. The molecular formula is C19H15NO2. The van der Waals surface area contributed by atoms with Crippen molar-refractivity contribution in [1.82, 2.24) is 0 Å². The van der Waals surface area contributed by atoms with Crippen molar-refractivity contribution in [3.8, 4) is 0 Å². The number of fused-ring (bicyclic) bond motifs is 1. The van der Waals surface area contributed by atoms with Crippen LogP contribution in [0.25, 0.3) is 10.8 Å². The van der Waals surface area contributed by atoms with E-state index >= 15 is 0 Å². The Kier molecular flexibility index (Phi) is 3.71. The zero-order valence-corrected chi connectivity index (χ0v) is 12.2. The molecule has 0 spiro atoms. The zero-order valence-electron chi connectivity index (χ0n) is 12.2. The van der Waals surface area contributed by atoms with Crippen LogP contribution >= 0.6 is 0 Å². The molecule has 0 atom stereocenters. The maximum absolute atomic E-state index is 12.3. The third-order valence-electron chi connectivity index (χ3n) is 3.56. The molecule has 0 saturated heterocycles. The Hall–Kier alpha value is -2.94. The quantitative estimate of drug-likeness (QED) is 0.731. The number of carbonyl (C=O) groups is 2. The molecule has 22 heavy (non-hydrogen) atoms. The van der Waals surface area contributed by atoms with Gasteiger partial charge in [0.15, 0.2) is 5.78 Å². The first-order chi connectivity index (χ1) is 10.6. The molecule has 0 bridgehead atoms. The molecule has 0 unspecified atom stereocenters. The van der Waals surface area contributed by atoms with Gasteiger partial charge in [-0.2, -0.15) is 0 Å². The molecule has 108 valence electrons. The number of rotatable bonds is 3. The van der Waals surface area contributed by atoms with E-state index in [1.807, 2.05) is 42.5 Å². The van der Waals surface area contributed by atoms with Crippen molar-refractivity contribution in [2.75, 3.05) is 5.32 Å². The van der Waals surface area contributed by atoms with Gasteiger partial charge in [-0.15, -0.1) is 0 Å². The van der Waals surface area contributed by atoms with Crippen molar-refractivity contribution >= 4 is 28.2 Å². The number of Topliss-reactive ketones (excluding diaryl/α,β-unsaturated/α-hetero) is 1. The summed E-state index contributed by atoms with van der Waals surface area (Å²) in [5, 5.41) is 4.97. The fraction of sp³-hybridized carbons (Fsp3) is 0.0526. The third-order valence-corrected chi connectivity index (χ3v) is 3.56. The minimum Gasteiger partial charge on any atom is -0.322 e. The average Bonchev–Trinajstić information content (AvgIpc) is 2.55. The van der Waals surface area contributed by atoms with E-state index in [-0.39, 0.29) is 11.7 Å². The number of hydrogen-bond donors (Lipinski definition) is 1. The van der Waals surface area contributed by atoms with Gasteiger partial charge < -0.3 is 5.32 Å². The summed E-state index contributed by atoms with van der Waals surface area (Å²) in [6.07, 6.45) is 0. The van der Waals surface area contributed by atoms with Crippen LogP contribution in [0.1, 0.15) is 27.6 Å². The minimum atomic E-state index is -0.165. The number of amides is 1. The summed E-state index contributed by atoms with van der Waals surface area (Å²) in [6, 6.07) is 20.4. The van der Waals surface area contributed by atoms with Crippen LogP contribution < -0.4 is 5.32 Å². The minimum absolute atomic E-state index is 0.00686. The number of anilines is 1. The van der Waals surface area contributed by atoms with Crippen LogP contribution in [0.2, 0.25) is 0 Å². The highest BCUT2D eigenvalue weighted by molar-refractivity contribution is 6.06. The summed E-state index contributed by atoms with van der Waals surface area (Å²) in [5.74, 6) is -0.159. The highest BCUT2D eigenvalue weighted by atomic mass is 16.1. The fourth-order valence-corrected chi connectivity index (χ4v) is 2.32. The van der Waals surface area contributed by atoms with Crippen LogP contribution in [0.15, 0.2) is 66.7 Å². The molecule has 0 radical (unpaired) electrons. The van der Waals surface area contributed by atoms with E-state index in [0.717, 1.165) is 10.8 Å².